The van der Waals surface area contributed by atoms with Gasteiger partial charge in [-0.2, -0.15) is 0 Å². The van der Waals surface area contributed by atoms with E-state index in [0.717, 1.165) is 5.56 Å². The monoisotopic (exact) mass is 357 g/mol. The molecule has 0 fully saturated rings. The first-order valence-electron chi connectivity index (χ1n) is 7.62. The highest BCUT2D eigenvalue weighted by Gasteiger charge is 2.11. The van der Waals surface area contributed by atoms with Crippen molar-refractivity contribution < 1.29 is 13.6 Å². The summed E-state index contributed by atoms with van der Waals surface area (Å²) in [5.41, 5.74) is 1.75. The fraction of sp³-hybridized carbons (Fsp3) is 0.167. The van der Waals surface area contributed by atoms with Crippen LogP contribution in [0.5, 0.6) is 0 Å². The zero-order valence-corrected chi connectivity index (χ0v) is 14.3. The predicted octanol–water partition coefficient (Wildman–Crippen LogP) is 3.70. The maximum absolute atomic E-state index is 12.9. The fourth-order valence-corrected chi connectivity index (χ4v) is 2.65. The number of nitrogens with one attached hydrogen (secondary N) is 1. The molecule has 3 rings (SSSR count). The number of thioether (sulfide) groups is 1. The number of amides is 1. The summed E-state index contributed by atoms with van der Waals surface area (Å²) in [7, 11) is 0. The van der Waals surface area contributed by atoms with E-state index in [1.165, 1.54) is 17.0 Å². The Labute approximate surface area is 148 Å². The van der Waals surface area contributed by atoms with Crippen molar-refractivity contribution in [2.75, 3.05) is 11.6 Å². The maximum atomic E-state index is 12.9. The summed E-state index contributed by atoms with van der Waals surface area (Å²) < 4.78 is 18.3. The molecule has 0 aliphatic heterocycles. The lowest BCUT2D eigenvalue weighted by molar-refractivity contribution is -0.115. The number of halogens is 1. The van der Waals surface area contributed by atoms with Crippen molar-refractivity contribution in [3.8, 4) is 0 Å². The second-order valence-electron chi connectivity index (χ2n) is 5.38. The molecule has 1 N–H and O–H groups in total. The molecule has 3 aromatic rings. The minimum Gasteiger partial charge on any atom is -0.407 e. The summed E-state index contributed by atoms with van der Waals surface area (Å²) in [4.78, 5) is 13.2. The molecule has 1 aromatic heterocycles. The first-order chi connectivity index (χ1) is 12.1. The standard InChI is InChI=1S/C18H16FN3O2S/c1-25-15-8-4-13(5-9-15)11-17-21-22-18(24-17)20-16(23)10-12-2-6-14(19)7-3-12/h2-9H,10-11H2,1H3,(H,20,22,23). The Kier molecular flexibility index (Phi) is 5.45. The van der Waals surface area contributed by atoms with Crippen LogP contribution in [0.4, 0.5) is 10.4 Å². The van der Waals surface area contributed by atoms with E-state index in [4.69, 9.17) is 4.42 Å². The van der Waals surface area contributed by atoms with Gasteiger partial charge in [0.25, 0.3) is 0 Å². The summed E-state index contributed by atoms with van der Waals surface area (Å²) in [6.45, 7) is 0. The third kappa shape index (κ3) is 4.90. The average Bonchev–Trinajstić information content (AvgIpc) is 3.04. The van der Waals surface area contributed by atoms with Crippen molar-refractivity contribution in [3.05, 3.63) is 71.4 Å². The van der Waals surface area contributed by atoms with E-state index in [0.29, 0.717) is 17.9 Å². The molecule has 1 amide bonds. The Morgan fingerprint density at radius 1 is 1.08 bits per heavy atom. The second-order valence-corrected chi connectivity index (χ2v) is 6.26. The molecule has 25 heavy (non-hydrogen) atoms. The summed E-state index contributed by atoms with van der Waals surface area (Å²) >= 11 is 1.68. The van der Waals surface area contributed by atoms with Gasteiger partial charge in [-0.1, -0.05) is 29.4 Å². The van der Waals surface area contributed by atoms with Crippen molar-refractivity contribution in [1.82, 2.24) is 10.2 Å². The van der Waals surface area contributed by atoms with Crippen LogP contribution < -0.4 is 5.32 Å². The molecule has 5 nitrogen and oxygen atoms in total. The molecule has 128 valence electrons. The van der Waals surface area contributed by atoms with Crippen molar-refractivity contribution in [2.24, 2.45) is 0 Å². The number of aromatic nitrogens is 2. The van der Waals surface area contributed by atoms with Crippen molar-refractivity contribution in [2.45, 2.75) is 17.7 Å². The van der Waals surface area contributed by atoms with Gasteiger partial charge in [0.1, 0.15) is 5.82 Å². The molecular weight excluding hydrogens is 341 g/mol. The molecular formula is C18H16FN3O2S. The highest BCUT2D eigenvalue weighted by atomic mass is 32.2. The number of carbonyl (C=O) groups excluding carboxylic acids is 1. The van der Waals surface area contributed by atoms with Crippen LogP contribution in [0.25, 0.3) is 0 Å². The lowest BCUT2D eigenvalue weighted by atomic mass is 10.1. The van der Waals surface area contributed by atoms with Gasteiger partial charge < -0.3 is 4.42 Å². The molecule has 0 unspecified atom stereocenters. The summed E-state index contributed by atoms with van der Waals surface area (Å²) in [6, 6.07) is 13.9. The van der Waals surface area contributed by atoms with Crippen LogP contribution in [-0.2, 0) is 17.6 Å². The predicted molar refractivity (Wildman–Crippen MR) is 94.1 cm³/mol. The Bertz CT molecular complexity index is 848. The molecule has 0 atom stereocenters. The van der Waals surface area contributed by atoms with Crippen LogP contribution in [0.1, 0.15) is 17.0 Å². The third-order valence-corrected chi connectivity index (χ3v) is 4.25. The van der Waals surface area contributed by atoms with Gasteiger partial charge in [0, 0.05) is 4.90 Å². The van der Waals surface area contributed by atoms with Gasteiger partial charge in [-0.3, -0.25) is 10.1 Å². The Morgan fingerprint density at radius 2 is 1.76 bits per heavy atom. The number of benzene rings is 2. The molecule has 0 aliphatic rings. The smallest absolute Gasteiger partial charge is 0.322 e. The quantitative estimate of drug-likeness (QED) is 0.681. The van der Waals surface area contributed by atoms with Crippen LogP contribution in [-0.4, -0.2) is 22.4 Å². The minimum atomic E-state index is -0.337. The van der Waals surface area contributed by atoms with Gasteiger partial charge in [0.05, 0.1) is 12.8 Å². The van der Waals surface area contributed by atoms with Crippen molar-refractivity contribution in [1.29, 1.82) is 0 Å². The molecule has 2 aromatic carbocycles. The number of rotatable bonds is 6. The molecule has 1 heterocycles. The SMILES string of the molecule is CSc1ccc(Cc2nnc(NC(=O)Cc3ccc(F)cc3)o2)cc1. The zero-order chi connectivity index (χ0) is 17.6. The van der Waals surface area contributed by atoms with Gasteiger partial charge in [-0.05, 0) is 41.6 Å². The van der Waals surface area contributed by atoms with Crippen molar-refractivity contribution >= 4 is 23.7 Å². The number of carbonyl (C=O) groups is 1. The number of anilines is 1. The summed E-state index contributed by atoms with van der Waals surface area (Å²) in [5, 5.41) is 10.3. The number of nitrogens with zero attached hydrogens (tertiary/aromatic N) is 2. The lowest BCUT2D eigenvalue weighted by Gasteiger charge is -2.01. The Balaban J connectivity index is 1.57. The van der Waals surface area contributed by atoms with Gasteiger partial charge in [0.2, 0.25) is 11.8 Å². The maximum Gasteiger partial charge on any atom is 0.322 e. The Hall–Kier alpha value is -2.67. The van der Waals surface area contributed by atoms with E-state index < -0.39 is 0 Å². The zero-order valence-electron chi connectivity index (χ0n) is 13.5. The topological polar surface area (TPSA) is 68.0 Å². The van der Waals surface area contributed by atoms with E-state index >= 15 is 0 Å². The van der Waals surface area contributed by atoms with E-state index in [1.807, 2.05) is 30.5 Å². The molecule has 0 aliphatic carbocycles. The van der Waals surface area contributed by atoms with Crippen LogP contribution in [0.2, 0.25) is 0 Å². The number of hydrogen-bond donors (Lipinski definition) is 1. The number of hydrogen-bond acceptors (Lipinski definition) is 5. The van der Waals surface area contributed by atoms with E-state index in [1.54, 1.807) is 23.9 Å². The lowest BCUT2D eigenvalue weighted by Crippen LogP contribution is -2.14. The highest BCUT2D eigenvalue weighted by molar-refractivity contribution is 7.98. The van der Waals surface area contributed by atoms with Crippen LogP contribution in [0, 0.1) is 5.82 Å². The fourth-order valence-electron chi connectivity index (χ4n) is 2.24. The highest BCUT2D eigenvalue weighted by Crippen LogP contribution is 2.17. The molecule has 7 heteroatoms. The second kappa shape index (κ2) is 7.94. The van der Waals surface area contributed by atoms with Crippen molar-refractivity contribution in [3.63, 3.8) is 0 Å². The summed E-state index contributed by atoms with van der Waals surface area (Å²) in [6.07, 6.45) is 2.62. The third-order valence-electron chi connectivity index (χ3n) is 3.51. The van der Waals surface area contributed by atoms with E-state index in [-0.39, 0.29) is 24.2 Å². The summed E-state index contributed by atoms with van der Waals surface area (Å²) in [5.74, 6) is -0.212. The molecule has 0 saturated heterocycles. The van der Waals surface area contributed by atoms with E-state index in [2.05, 4.69) is 15.5 Å². The van der Waals surface area contributed by atoms with E-state index in [9.17, 15) is 9.18 Å². The first kappa shape index (κ1) is 17.2. The molecule has 0 saturated carbocycles. The van der Waals surface area contributed by atoms with Gasteiger partial charge in [0.15, 0.2) is 0 Å². The normalized spacial score (nSPS) is 10.6. The minimum absolute atomic E-state index is 0.0582. The average molecular weight is 357 g/mol. The molecule has 0 spiro atoms. The molecule has 0 bridgehead atoms. The van der Waals surface area contributed by atoms with Crippen LogP contribution in [0.15, 0.2) is 57.8 Å². The van der Waals surface area contributed by atoms with Crippen LogP contribution >= 0.6 is 11.8 Å². The first-order valence-corrected chi connectivity index (χ1v) is 8.84. The largest absolute Gasteiger partial charge is 0.407 e. The van der Waals surface area contributed by atoms with Gasteiger partial charge in [-0.25, -0.2) is 4.39 Å². The molecule has 0 radical (unpaired) electrons. The van der Waals surface area contributed by atoms with Gasteiger partial charge in [-0.15, -0.1) is 16.9 Å². The van der Waals surface area contributed by atoms with Crippen LogP contribution in [0.3, 0.4) is 0 Å². The Morgan fingerprint density at radius 3 is 2.44 bits per heavy atom. The van der Waals surface area contributed by atoms with Gasteiger partial charge >= 0.3 is 6.01 Å².